The second kappa shape index (κ2) is 6.68. The molecule has 1 aliphatic rings. The van der Waals surface area contributed by atoms with Gasteiger partial charge in [-0.15, -0.1) is 0 Å². The van der Waals surface area contributed by atoms with Gasteiger partial charge in [-0.05, 0) is 32.0 Å². The number of benzene rings is 1. The lowest BCUT2D eigenvalue weighted by molar-refractivity contribution is 0.0846. The lowest BCUT2D eigenvalue weighted by atomic mass is 10.0. The van der Waals surface area contributed by atoms with E-state index in [4.69, 9.17) is 4.74 Å². The zero-order chi connectivity index (χ0) is 13.7. The molecule has 0 spiro atoms. The van der Waals surface area contributed by atoms with Crippen molar-refractivity contribution in [2.45, 2.75) is 19.4 Å². The number of hydrogen-bond donors (Lipinski definition) is 1. The molecule has 0 aromatic heterocycles. The number of Topliss-reactive ketones (excluding diaryl/α,β-unsaturated/α-hetero) is 1. The van der Waals surface area contributed by atoms with Gasteiger partial charge in [0, 0.05) is 25.2 Å². The number of rotatable bonds is 4. The highest BCUT2D eigenvalue weighted by atomic mass is 16.5. The van der Waals surface area contributed by atoms with Gasteiger partial charge in [-0.2, -0.15) is 0 Å². The fourth-order valence-corrected chi connectivity index (χ4v) is 2.44. The Morgan fingerprint density at radius 2 is 2.21 bits per heavy atom. The third-order valence-electron chi connectivity index (χ3n) is 3.66. The fraction of sp³-hybridized carbons (Fsp3) is 0.533. The van der Waals surface area contributed by atoms with Gasteiger partial charge in [-0.25, -0.2) is 0 Å². The second-order valence-electron chi connectivity index (χ2n) is 4.91. The molecule has 4 nitrogen and oxygen atoms in total. The summed E-state index contributed by atoms with van der Waals surface area (Å²) in [5.41, 5.74) is 0.726. The molecule has 0 aliphatic carbocycles. The van der Waals surface area contributed by atoms with Gasteiger partial charge in [-0.3, -0.25) is 9.69 Å². The molecule has 1 aliphatic heterocycles. The first-order valence-corrected chi connectivity index (χ1v) is 6.85. The molecule has 0 bridgehead atoms. The predicted octanol–water partition coefficient (Wildman–Crippen LogP) is 1.56. The van der Waals surface area contributed by atoms with Crippen molar-refractivity contribution >= 4 is 5.78 Å². The molecule has 1 fully saturated rings. The quantitative estimate of drug-likeness (QED) is 0.836. The van der Waals surface area contributed by atoms with E-state index in [1.54, 1.807) is 7.11 Å². The van der Waals surface area contributed by atoms with Gasteiger partial charge in [0.2, 0.25) is 0 Å². The molecule has 0 amide bonds. The molecule has 1 atom stereocenters. The fourth-order valence-electron chi connectivity index (χ4n) is 2.44. The van der Waals surface area contributed by atoms with Crippen molar-refractivity contribution in [3.8, 4) is 5.75 Å². The van der Waals surface area contributed by atoms with Gasteiger partial charge in [0.25, 0.3) is 0 Å². The van der Waals surface area contributed by atoms with E-state index in [9.17, 15) is 4.79 Å². The van der Waals surface area contributed by atoms with Crippen LogP contribution >= 0.6 is 0 Å². The van der Waals surface area contributed by atoms with Crippen LogP contribution < -0.4 is 10.1 Å². The molecular weight excluding hydrogens is 240 g/mol. The summed E-state index contributed by atoms with van der Waals surface area (Å²) in [7, 11) is 1.62. The van der Waals surface area contributed by atoms with E-state index in [1.807, 2.05) is 31.2 Å². The Morgan fingerprint density at radius 3 is 3.00 bits per heavy atom. The molecule has 1 N–H and O–H groups in total. The molecule has 0 radical (unpaired) electrons. The first kappa shape index (κ1) is 14.0. The van der Waals surface area contributed by atoms with Crippen LogP contribution in [0.25, 0.3) is 0 Å². The summed E-state index contributed by atoms with van der Waals surface area (Å²) in [6.07, 6.45) is 1.09. The maximum absolute atomic E-state index is 12.5. The highest BCUT2D eigenvalue weighted by Gasteiger charge is 2.23. The van der Waals surface area contributed by atoms with Gasteiger partial charge in [-0.1, -0.05) is 12.1 Å². The van der Waals surface area contributed by atoms with Crippen LogP contribution in [-0.2, 0) is 0 Å². The Bertz CT molecular complexity index is 426. The average molecular weight is 262 g/mol. The Morgan fingerprint density at radius 1 is 1.37 bits per heavy atom. The van der Waals surface area contributed by atoms with Crippen LogP contribution in [0.3, 0.4) is 0 Å². The highest BCUT2D eigenvalue weighted by Crippen LogP contribution is 2.16. The van der Waals surface area contributed by atoms with Crippen LogP contribution in [0.4, 0.5) is 0 Å². The van der Waals surface area contributed by atoms with Crippen LogP contribution in [0.5, 0.6) is 5.75 Å². The Balaban J connectivity index is 2.08. The molecule has 1 aromatic carbocycles. The van der Waals surface area contributed by atoms with Gasteiger partial charge in [0.15, 0.2) is 5.78 Å². The van der Waals surface area contributed by atoms with Crippen LogP contribution in [0, 0.1) is 0 Å². The molecule has 1 heterocycles. The molecule has 19 heavy (non-hydrogen) atoms. The van der Waals surface area contributed by atoms with E-state index >= 15 is 0 Å². The number of hydrogen-bond acceptors (Lipinski definition) is 4. The number of ketones is 1. The summed E-state index contributed by atoms with van der Waals surface area (Å²) in [4.78, 5) is 14.8. The Hall–Kier alpha value is -1.39. The van der Waals surface area contributed by atoms with Crippen molar-refractivity contribution in [3.63, 3.8) is 0 Å². The lowest BCUT2D eigenvalue weighted by Crippen LogP contribution is -2.41. The van der Waals surface area contributed by atoms with Crippen LogP contribution in [0.2, 0.25) is 0 Å². The Labute approximate surface area is 114 Å². The van der Waals surface area contributed by atoms with E-state index in [1.165, 1.54) is 0 Å². The van der Waals surface area contributed by atoms with E-state index in [0.717, 1.165) is 43.9 Å². The number of nitrogens with one attached hydrogen (secondary N) is 1. The SMILES string of the molecule is COc1cccc(C(=O)C(C)N2CCCNCC2)c1. The minimum Gasteiger partial charge on any atom is -0.497 e. The molecule has 104 valence electrons. The zero-order valence-electron chi connectivity index (χ0n) is 11.7. The number of ether oxygens (including phenoxy) is 1. The van der Waals surface area contributed by atoms with Crippen LogP contribution in [0.15, 0.2) is 24.3 Å². The van der Waals surface area contributed by atoms with Gasteiger partial charge >= 0.3 is 0 Å². The summed E-state index contributed by atoms with van der Waals surface area (Å²) in [6, 6.07) is 7.32. The lowest BCUT2D eigenvalue weighted by Gasteiger charge is -2.26. The molecule has 1 saturated heterocycles. The Kier molecular flexibility index (Phi) is 4.93. The molecule has 1 aromatic rings. The van der Waals surface area contributed by atoms with E-state index in [2.05, 4.69) is 10.2 Å². The number of nitrogens with zero attached hydrogens (tertiary/aromatic N) is 1. The third kappa shape index (κ3) is 3.55. The van der Waals surface area contributed by atoms with E-state index in [0.29, 0.717) is 0 Å². The summed E-state index contributed by atoms with van der Waals surface area (Å²) in [5, 5.41) is 3.36. The van der Waals surface area contributed by atoms with Gasteiger partial charge < -0.3 is 10.1 Å². The standard InChI is InChI=1S/C15H22N2O2/c1-12(17-9-4-7-16-8-10-17)15(18)13-5-3-6-14(11-13)19-2/h3,5-6,11-12,16H,4,7-10H2,1-2H3. The average Bonchev–Trinajstić information content (AvgIpc) is 2.75. The minimum atomic E-state index is -0.0768. The van der Waals surface area contributed by atoms with Crippen molar-refractivity contribution in [2.75, 3.05) is 33.3 Å². The first-order chi connectivity index (χ1) is 9.22. The summed E-state index contributed by atoms with van der Waals surface area (Å²) in [6.45, 7) is 5.89. The number of carbonyl (C=O) groups excluding carboxylic acids is 1. The van der Waals surface area contributed by atoms with Crippen molar-refractivity contribution in [3.05, 3.63) is 29.8 Å². The second-order valence-corrected chi connectivity index (χ2v) is 4.91. The van der Waals surface area contributed by atoms with Crippen molar-refractivity contribution in [2.24, 2.45) is 0 Å². The first-order valence-electron chi connectivity index (χ1n) is 6.85. The number of methoxy groups -OCH3 is 1. The van der Waals surface area contributed by atoms with E-state index in [-0.39, 0.29) is 11.8 Å². The van der Waals surface area contributed by atoms with Crippen LogP contribution in [0.1, 0.15) is 23.7 Å². The maximum Gasteiger partial charge on any atom is 0.179 e. The van der Waals surface area contributed by atoms with Crippen molar-refractivity contribution in [1.82, 2.24) is 10.2 Å². The maximum atomic E-state index is 12.5. The normalized spacial score (nSPS) is 18.6. The predicted molar refractivity (Wildman–Crippen MR) is 75.8 cm³/mol. The largest absolute Gasteiger partial charge is 0.497 e. The minimum absolute atomic E-state index is 0.0768. The van der Waals surface area contributed by atoms with E-state index < -0.39 is 0 Å². The van der Waals surface area contributed by atoms with Crippen molar-refractivity contribution < 1.29 is 9.53 Å². The zero-order valence-corrected chi connectivity index (χ0v) is 11.7. The number of carbonyl (C=O) groups is 1. The summed E-state index contributed by atoms with van der Waals surface area (Å²) >= 11 is 0. The summed E-state index contributed by atoms with van der Waals surface area (Å²) in [5.74, 6) is 0.899. The van der Waals surface area contributed by atoms with Gasteiger partial charge in [0.05, 0.1) is 13.2 Å². The van der Waals surface area contributed by atoms with Gasteiger partial charge in [0.1, 0.15) is 5.75 Å². The molecule has 2 rings (SSSR count). The smallest absolute Gasteiger partial charge is 0.179 e. The van der Waals surface area contributed by atoms with Crippen LogP contribution in [-0.4, -0.2) is 50.0 Å². The molecule has 4 heteroatoms. The molecular formula is C15H22N2O2. The third-order valence-corrected chi connectivity index (χ3v) is 3.66. The molecule has 1 unspecified atom stereocenters. The highest BCUT2D eigenvalue weighted by molar-refractivity contribution is 6.00. The van der Waals surface area contributed by atoms with Crippen molar-refractivity contribution in [1.29, 1.82) is 0 Å². The monoisotopic (exact) mass is 262 g/mol. The summed E-state index contributed by atoms with van der Waals surface area (Å²) < 4.78 is 5.17. The molecule has 0 saturated carbocycles. The topological polar surface area (TPSA) is 41.6 Å².